The van der Waals surface area contributed by atoms with E-state index in [1.54, 1.807) is 13.0 Å². The predicted molar refractivity (Wildman–Crippen MR) is 151 cm³/mol. The number of carboxylic acid groups (broad SMARTS) is 1. The van der Waals surface area contributed by atoms with Crippen LogP contribution in [0.15, 0.2) is 42.6 Å². The quantitative estimate of drug-likeness (QED) is 0.258. The summed E-state index contributed by atoms with van der Waals surface area (Å²) in [5.41, 5.74) is -4.30. The lowest BCUT2D eigenvalue weighted by Gasteiger charge is -2.39. The molecule has 17 heteroatoms. The van der Waals surface area contributed by atoms with Crippen LogP contribution in [0, 0.1) is 0 Å². The van der Waals surface area contributed by atoms with Gasteiger partial charge in [-0.2, -0.15) is 39.5 Å². The summed E-state index contributed by atoms with van der Waals surface area (Å²) in [5.74, 6) is -0.0261. The van der Waals surface area contributed by atoms with Crippen LogP contribution in [0.3, 0.4) is 0 Å². The highest BCUT2D eigenvalue weighted by Gasteiger charge is 2.41. The van der Waals surface area contributed by atoms with Gasteiger partial charge in [0, 0.05) is 31.1 Å². The molecule has 1 fully saturated rings. The summed E-state index contributed by atoms with van der Waals surface area (Å²) in [6.45, 7) is 3.27. The summed E-state index contributed by atoms with van der Waals surface area (Å²) >= 11 is 0. The Hall–Kier alpha value is -4.28. The zero-order chi connectivity index (χ0) is 34.3. The molecular formula is C30H28F9N5O3. The fourth-order valence-corrected chi connectivity index (χ4v) is 5.77. The molecule has 2 aliphatic heterocycles. The second kappa shape index (κ2) is 12.7. The number of hydrogen-bond donors (Lipinski definition) is 2. The number of aromatic nitrogens is 2. The molecule has 5 rings (SSSR count). The van der Waals surface area contributed by atoms with Crippen LogP contribution in [0.2, 0.25) is 0 Å². The molecule has 0 saturated carbocycles. The molecule has 0 unspecified atom stereocenters. The Bertz CT molecular complexity index is 1590. The average molecular weight is 678 g/mol. The molecule has 2 aromatic heterocycles. The molecule has 47 heavy (non-hydrogen) atoms. The fourth-order valence-electron chi connectivity index (χ4n) is 5.77. The molecule has 3 aromatic rings. The molecule has 1 aromatic carbocycles. The van der Waals surface area contributed by atoms with E-state index in [-0.39, 0.29) is 47.2 Å². The van der Waals surface area contributed by atoms with Crippen LogP contribution in [0.1, 0.15) is 59.4 Å². The molecule has 0 aliphatic carbocycles. The number of fused-ring (bicyclic) bond motifs is 1. The van der Waals surface area contributed by atoms with Gasteiger partial charge in [-0.25, -0.2) is 14.8 Å². The number of carbonyl (C=O) groups is 1. The van der Waals surface area contributed by atoms with Gasteiger partial charge in [0.15, 0.2) is 0 Å². The second-order valence-electron chi connectivity index (χ2n) is 11.1. The summed E-state index contributed by atoms with van der Waals surface area (Å²) in [4.78, 5) is 23.1. The number of halogens is 9. The van der Waals surface area contributed by atoms with E-state index in [2.05, 4.69) is 15.3 Å². The Balaban J connectivity index is 1.61. The van der Waals surface area contributed by atoms with Gasteiger partial charge in [-0.15, -0.1) is 0 Å². The molecule has 2 N–H and O–H groups in total. The van der Waals surface area contributed by atoms with Crippen molar-refractivity contribution in [3.8, 4) is 0 Å². The molecule has 8 nitrogen and oxygen atoms in total. The van der Waals surface area contributed by atoms with Crippen LogP contribution in [-0.2, 0) is 29.7 Å². The molecule has 4 heterocycles. The Morgan fingerprint density at radius 1 is 0.957 bits per heavy atom. The van der Waals surface area contributed by atoms with Gasteiger partial charge in [0.1, 0.15) is 11.5 Å². The number of pyridine rings is 2. The second-order valence-corrected chi connectivity index (χ2v) is 11.1. The summed E-state index contributed by atoms with van der Waals surface area (Å²) in [7, 11) is 0. The first-order valence-electron chi connectivity index (χ1n) is 14.4. The highest BCUT2D eigenvalue weighted by atomic mass is 19.4. The number of nitrogens with one attached hydrogen (secondary N) is 1. The van der Waals surface area contributed by atoms with Gasteiger partial charge in [0.25, 0.3) is 0 Å². The van der Waals surface area contributed by atoms with E-state index in [9.17, 15) is 49.4 Å². The molecule has 1 saturated heterocycles. The van der Waals surface area contributed by atoms with Gasteiger partial charge in [-0.1, -0.05) is 6.92 Å². The number of anilines is 3. The number of benzene rings is 1. The van der Waals surface area contributed by atoms with Crippen molar-refractivity contribution in [3.63, 3.8) is 0 Å². The van der Waals surface area contributed by atoms with E-state index in [1.165, 1.54) is 6.20 Å². The van der Waals surface area contributed by atoms with Crippen molar-refractivity contribution < 1.29 is 54.2 Å². The Morgan fingerprint density at radius 2 is 1.60 bits per heavy atom. The maximum atomic E-state index is 13.7. The molecule has 2 atom stereocenters. The molecule has 0 spiro atoms. The SMILES string of the molecule is CC[C@@H]1C[C@H](Nc2ncc(N3CCOCC3)cc2Cc2cc(C(F)(F)F)cc(C(F)(F)F)c2)c2nc(C(F)(F)F)ccc2N1C(=O)O. The minimum Gasteiger partial charge on any atom is -0.465 e. The maximum Gasteiger partial charge on any atom is 0.433 e. The standard InChI is InChI=1S/C30H28F9N5O3/c1-2-20-14-22(25-23(44(20)27(45)46)3-4-24(42-25)30(37,38)39)41-26-17(12-21(15-40-26)43-5-7-47-8-6-43)9-16-10-18(28(31,32)33)13-19(11-16)29(34,35)36/h3-4,10-13,15,20,22H,2,5-9,14H2,1H3,(H,40,41)(H,45,46)/t20-,22+/m1/s1. The highest BCUT2D eigenvalue weighted by Crippen LogP contribution is 2.42. The summed E-state index contributed by atoms with van der Waals surface area (Å²) in [6, 6.07) is 2.68. The highest BCUT2D eigenvalue weighted by molar-refractivity contribution is 5.88. The third kappa shape index (κ3) is 7.49. The number of rotatable bonds is 6. The van der Waals surface area contributed by atoms with Crippen LogP contribution in [0.25, 0.3) is 0 Å². The van der Waals surface area contributed by atoms with Crippen molar-refractivity contribution in [1.29, 1.82) is 0 Å². The minimum atomic E-state index is -5.08. The van der Waals surface area contributed by atoms with Crippen LogP contribution in [0.4, 0.5) is 61.5 Å². The van der Waals surface area contributed by atoms with Crippen LogP contribution >= 0.6 is 0 Å². The predicted octanol–water partition coefficient (Wildman–Crippen LogP) is 7.78. The lowest BCUT2D eigenvalue weighted by Crippen LogP contribution is -2.45. The number of ether oxygens (including phenoxy) is 1. The van der Waals surface area contributed by atoms with E-state index in [1.807, 2.05) is 4.90 Å². The van der Waals surface area contributed by atoms with Gasteiger partial charge in [0.05, 0.1) is 53.6 Å². The van der Waals surface area contributed by atoms with Gasteiger partial charge in [0.2, 0.25) is 0 Å². The largest absolute Gasteiger partial charge is 0.465 e. The third-order valence-corrected chi connectivity index (χ3v) is 8.01. The van der Waals surface area contributed by atoms with E-state index >= 15 is 0 Å². The number of morpholine rings is 1. The van der Waals surface area contributed by atoms with Crippen LogP contribution in [-0.4, -0.2) is 53.5 Å². The van der Waals surface area contributed by atoms with Crippen molar-refractivity contribution in [2.75, 3.05) is 41.4 Å². The van der Waals surface area contributed by atoms with Crippen molar-refractivity contribution in [2.45, 2.75) is 56.8 Å². The minimum absolute atomic E-state index is 0.0209. The summed E-state index contributed by atoms with van der Waals surface area (Å²) < 4.78 is 128. The van der Waals surface area contributed by atoms with Gasteiger partial charge in [-0.3, -0.25) is 4.90 Å². The summed E-state index contributed by atoms with van der Waals surface area (Å²) in [6.07, 6.45) is -15.3. The topological polar surface area (TPSA) is 90.8 Å². The van der Waals surface area contributed by atoms with Gasteiger partial charge >= 0.3 is 24.6 Å². The molecule has 1 amide bonds. The number of alkyl halides is 9. The lowest BCUT2D eigenvalue weighted by molar-refractivity contribution is -0.143. The zero-order valence-electron chi connectivity index (χ0n) is 24.6. The normalized spacial score (nSPS) is 19.0. The van der Waals surface area contributed by atoms with Crippen LogP contribution in [0.5, 0.6) is 0 Å². The first-order valence-corrected chi connectivity index (χ1v) is 14.4. The Kier molecular flexibility index (Phi) is 9.23. The lowest BCUT2D eigenvalue weighted by atomic mass is 9.92. The number of hydrogen-bond acceptors (Lipinski definition) is 6. The first kappa shape index (κ1) is 34.1. The smallest absolute Gasteiger partial charge is 0.433 e. The third-order valence-electron chi connectivity index (χ3n) is 8.01. The molecule has 2 aliphatic rings. The van der Waals surface area contributed by atoms with Gasteiger partial charge in [-0.05, 0) is 54.8 Å². The maximum absolute atomic E-state index is 13.7. The van der Waals surface area contributed by atoms with Crippen molar-refractivity contribution >= 4 is 23.3 Å². The summed E-state index contributed by atoms with van der Waals surface area (Å²) in [5, 5.41) is 12.9. The number of nitrogens with zero attached hydrogens (tertiary/aromatic N) is 4. The van der Waals surface area contributed by atoms with Crippen molar-refractivity contribution in [2.24, 2.45) is 0 Å². The fraction of sp³-hybridized carbons (Fsp3) is 0.433. The monoisotopic (exact) mass is 677 g/mol. The molecule has 0 radical (unpaired) electrons. The average Bonchev–Trinajstić information content (AvgIpc) is 3.00. The van der Waals surface area contributed by atoms with Crippen LogP contribution < -0.4 is 15.1 Å². The van der Waals surface area contributed by atoms with E-state index in [0.717, 1.165) is 11.0 Å². The van der Waals surface area contributed by atoms with E-state index in [4.69, 9.17) is 4.74 Å². The van der Waals surface area contributed by atoms with E-state index < -0.39 is 59.9 Å². The molecule has 0 bridgehead atoms. The first-order chi connectivity index (χ1) is 22.0. The Labute approximate surface area is 262 Å². The number of amides is 1. The van der Waals surface area contributed by atoms with E-state index in [0.29, 0.717) is 50.2 Å². The van der Waals surface area contributed by atoms with Crippen molar-refractivity contribution in [1.82, 2.24) is 9.97 Å². The molecule has 254 valence electrons. The Morgan fingerprint density at radius 3 is 2.15 bits per heavy atom. The molecular weight excluding hydrogens is 649 g/mol. The van der Waals surface area contributed by atoms with Gasteiger partial charge < -0.3 is 20.1 Å². The van der Waals surface area contributed by atoms with Crippen molar-refractivity contribution in [3.05, 3.63) is 76.2 Å². The zero-order valence-corrected chi connectivity index (χ0v) is 24.6.